The van der Waals surface area contributed by atoms with Crippen LogP contribution in [-0.4, -0.2) is 30.1 Å². The Hall–Kier alpha value is -1.27. The van der Waals surface area contributed by atoms with E-state index in [1.165, 1.54) is 0 Å². The Kier molecular flexibility index (Phi) is 6.72. The first-order valence-corrected chi connectivity index (χ1v) is 5.01. The zero-order valence-corrected chi connectivity index (χ0v) is 10.3. The number of carbonyl (C=O) groups is 1. The fourth-order valence-electron chi connectivity index (χ4n) is 1.38. The highest BCUT2D eigenvalue weighted by Crippen LogP contribution is 2.18. The van der Waals surface area contributed by atoms with Gasteiger partial charge in [0.1, 0.15) is 6.54 Å². The highest BCUT2D eigenvalue weighted by molar-refractivity contribution is 5.85. The molecule has 0 aliphatic rings. The Labute approximate surface area is 109 Å². The molecule has 2 N–H and O–H groups in total. The summed E-state index contributed by atoms with van der Waals surface area (Å²) in [6.07, 6.45) is -4.42. The molecule has 0 aromatic heterocycles. The van der Waals surface area contributed by atoms with Crippen LogP contribution in [-0.2, 0) is 11.3 Å². The molecule has 0 atom stereocenters. The number of carbonyl (C=O) groups excluding carboxylic acids is 1. The largest absolute Gasteiger partial charge is 0.406 e. The average molecular weight is 283 g/mol. The maximum absolute atomic E-state index is 12.3. The minimum atomic E-state index is -4.42. The standard InChI is InChI=1S/C11H13F3N2O.ClH/c12-11(13,14)8-16(10(17)6-15)7-9-4-2-1-3-5-9;/h1-5H,6-8,15H2;1H. The van der Waals surface area contributed by atoms with Crippen LogP contribution in [0.5, 0.6) is 0 Å². The van der Waals surface area contributed by atoms with Crippen molar-refractivity contribution >= 4 is 18.3 Å². The van der Waals surface area contributed by atoms with Gasteiger partial charge in [-0.05, 0) is 5.56 Å². The Balaban J connectivity index is 0.00000289. The molecule has 0 bridgehead atoms. The van der Waals surface area contributed by atoms with Crippen LogP contribution in [0.2, 0.25) is 0 Å². The predicted molar refractivity (Wildman–Crippen MR) is 64.2 cm³/mol. The van der Waals surface area contributed by atoms with Crippen molar-refractivity contribution in [1.82, 2.24) is 4.90 Å². The molecule has 3 nitrogen and oxygen atoms in total. The monoisotopic (exact) mass is 282 g/mol. The zero-order chi connectivity index (χ0) is 12.9. The summed E-state index contributed by atoms with van der Waals surface area (Å²) < 4.78 is 36.8. The van der Waals surface area contributed by atoms with Crippen molar-refractivity contribution in [3.63, 3.8) is 0 Å². The lowest BCUT2D eigenvalue weighted by Gasteiger charge is -2.23. The quantitative estimate of drug-likeness (QED) is 0.918. The molecule has 0 radical (unpaired) electrons. The molecule has 0 aliphatic heterocycles. The predicted octanol–water partition coefficient (Wildman–Crippen LogP) is 1.96. The summed E-state index contributed by atoms with van der Waals surface area (Å²) in [4.78, 5) is 12.0. The van der Waals surface area contributed by atoms with Crippen LogP contribution < -0.4 is 5.73 Å². The molecule has 1 rings (SSSR count). The molecule has 1 aromatic carbocycles. The summed E-state index contributed by atoms with van der Waals surface area (Å²) >= 11 is 0. The van der Waals surface area contributed by atoms with E-state index in [4.69, 9.17) is 5.73 Å². The van der Waals surface area contributed by atoms with Crippen molar-refractivity contribution in [2.24, 2.45) is 5.73 Å². The molecule has 1 aromatic rings. The zero-order valence-electron chi connectivity index (χ0n) is 9.48. The highest BCUT2D eigenvalue weighted by atomic mass is 35.5. The Morgan fingerprint density at radius 2 is 1.78 bits per heavy atom. The van der Waals surface area contributed by atoms with Crippen molar-refractivity contribution in [2.45, 2.75) is 12.7 Å². The van der Waals surface area contributed by atoms with E-state index >= 15 is 0 Å². The molecule has 0 heterocycles. The van der Waals surface area contributed by atoms with Gasteiger partial charge in [-0.1, -0.05) is 30.3 Å². The van der Waals surface area contributed by atoms with Gasteiger partial charge in [-0.2, -0.15) is 13.2 Å². The Bertz CT molecular complexity index is 370. The highest BCUT2D eigenvalue weighted by Gasteiger charge is 2.32. The fourth-order valence-corrected chi connectivity index (χ4v) is 1.38. The first-order chi connectivity index (χ1) is 7.92. The van der Waals surface area contributed by atoms with Gasteiger partial charge < -0.3 is 10.6 Å². The van der Waals surface area contributed by atoms with E-state index in [-0.39, 0.29) is 19.0 Å². The molecule has 7 heteroatoms. The van der Waals surface area contributed by atoms with E-state index in [1.807, 2.05) is 0 Å². The SMILES string of the molecule is Cl.NCC(=O)N(Cc1ccccc1)CC(F)(F)F. The number of hydrogen-bond donors (Lipinski definition) is 1. The van der Waals surface area contributed by atoms with Gasteiger partial charge in [0.05, 0.1) is 6.54 Å². The molecular weight excluding hydrogens is 269 g/mol. The van der Waals surface area contributed by atoms with Crippen LogP contribution in [0.4, 0.5) is 13.2 Å². The summed E-state index contributed by atoms with van der Waals surface area (Å²) in [6, 6.07) is 8.48. The van der Waals surface area contributed by atoms with Gasteiger partial charge in [-0.3, -0.25) is 4.79 Å². The first kappa shape index (κ1) is 16.7. The van der Waals surface area contributed by atoms with E-state index in [1.54, 1.807) is 30.3 Å². The van der Waals surface area contributed by atoms with E-state index in [9.17, 15) is 18.0 Å². The molecule has 0 saturated heterocycles. The van der Waals surface area contributed by atoms with Crippen LogP contribution in [0.25, 0.3) is 0 Å². The van der Waals surface area contributed by atoms with Crippen LogP contribution in [0.15, 0.2) is 30.3 Å². The molecule has 0 unspecified atom stereocenters. The van der Waals surface area contributed by atoms with Crippen molar-refractivity contribution in [1.29, 1.82) is 0 Å². The van der Waals surface area contributed by atoms with Gasteiger partial charge >= 0.3 is 6.18 Å². The first-order valence-electron chi connectivity index (χ1n) is 5.01. The molecule has 1 amide bonds. The smallest absolute Gasteiger partial charge is 0.328 e. The maximum atomic E-state index is 12.3. The summed E-state index contributed by atoms with van der Waals surface area (Å²) in [5, 5.41) is 0. The molecule has 102 valence electrons. The Morgan fingerprint density at radius 3 is 2.22 bits per heavy atom. The lowest BCUT2D eigenvalue weighted by Crippen LogP contribution is -2.41. The molecule has 0 fully saturated rings. The second kappa shape index (κ2) is 7.23. The molecule has 0 saturated carbocycles. The van der Waals surface area contributed by atoms with Gasteiger partial charge in [-0.15, -0.1) is 12.4 Å². The number of nitrogens with two attached hydrogens (primary N) is 1. The number of halogens is 4. The minimum absolute atomic E-state index is 0. The van der Waals surface area contributed by atoms with E-state index < -0.39 is 25.2 Å². The van der Waals surface area contributed by atoms with E-state index in [0.717, 1.165) is 0 Å². The Morgan fingerprint density at radius 1 is 1.22 bits per heavy atom. The summed E-state index contributed by atoms with van der Waals surface area (Å²) in [5.74, 6) is -0.717. The minimum Gasteiger partial charge on any atom is -0.328 e. The number of nitrogens with zero attached hydrogens (tertiary/aromatic N) is 1. The molecule has 18 heavy (non-hydrogen) atoms. The van der Waals surface area contributed by atoms with Gasteiger partial charge in [0.25, 0.3) is 0 Å². The lowest BCUT2D eigenvalue weighted by atomic mass is 10.2. The van der Waals surface area contributed by atoms with Crippen LogP contribution in [0, 0.1) is 0 Å². The van der Waals surface area contributed by atoms with E-state index in [2.05, 4.69) is 0 Å². The van der Waals surface area contributed by atoms with Gasteiger partial charge in [0, 0.05) is 6.54 Å². The average Bonchev–Trinajstić information content (AvgIpc) is 2.27. The maximum Gasteiger partial charge on any atom is 0.406 e. The van der Waals surface area contributed by atoms with Crippen molar-refractivity contribution in [3.05, 3.63) is 35.9 Å². The van der Waals surface area contributed by atoms with Gasteiger partial charge in [0.2, 0.25) is 5.91 Å². The molecule has 0 aliphatic carbocycles. The molecular formula is C11H14ClF3N2O. The third kappa shape index (κ3) is 5.88. The van der Waals surface area contributed by atoms with Crippen LogP contribution in [0.3, 0.4) is 0 Å². The van der Waals surface area contributed by atoms with Crippen LogP contribution in [0.1, 0.15) is 5.56 Å². The topological polar surface area (TPSA) is 46.3 Å². The number of benzene rings is 1. The summed E-state index contributed by atoms with van der Waals surface area (Å²) in [7, 11) is 0. The number of hydrogen-bond acceptors (Lipinski definition) is 2. The third-order valence-corrected chi connectivity index (χ3v) is 2.11. The summed E-state index contributed by atoms with van der Waals surface area (Å²) in [6.45, 7) is -1.79. The second-order valence-corrected chi connectivity index (χ2v) is 3.55. The lowest BCUT2D eigenvalue weighted by molar-refractivity contribution is -0.161. The van der Waals surface area contributed by atoms with Crippen molar-refractivity contribution in [2.75, 3.05) is 13.1 Å². The normalized spacial score (nSPS) is 10.7. The number of rotatable bonds is 4. The van der Waals surface area contributed by atoms with Crippen molar-refractivity contribution in [3.8, 4) is 0 Å². The van der Waals surface area contributed by atoms with E-state index in [0.29, 0.717) is 10.5 Å². The third-order valence-electron chi connectivity index (χ3n) is 2.11. The number of amides is 1. The van der Waals surface area contributed by atoms with Gasteiger partial charge in [0.15, 0.2) is 0 Å². The summed E-state index contributed by atoms with van der Waals surface area (Å²) in [5.41, 5.74) is 5.72. The fraction of sp³-hybridized carbons (Fsp3) is 0.364. The van der Waals surface area contributed by atoms with Gasteiger partial charge in [-0.25, -0.2) is 0 Å². The number of alkyl halides is 3. The van der Waals surface area contributed by atoms with Crippen molar-refractivity contribution < 1.29 is 18.0 Å². The second-order valence-electron chi connectivity index (χ2n) is 3.55. The molecule has 0 spiro atoms. The van der Waals surface area contributed by atoms with Crippen LogP contribution >= 0.6 is 12.4 Å².